The van der Waals surface area contributed by atoms with Crippen molar-refractivity contribution < 1.29 is 15.3 Å². The fraction of sp³-hybridized carbons (Fsp3) is 1.00. The first-order valence-corrected chi connectivity index (χ1v) is 8.92. The Balaban J connectivity index is 2.15. The lowest BCUT2D eigenvalue weighted by Gasteiger charge is -2.56. The molecule has 106 valence electrons. The summed E-state index contributed by atoms with van der Waals surface area (Å²) in [4.78, 5) is 0. The van der Waals surface area contributed by atoms with Crippen LogP contribution in [0.5, 0.6) is 0 Å². The second kappa shape index (κ2) is 6.15. The van der Waals surface area contributed by atoms with E-state index in [1.54, 1.807) is 0 Å². The number of hydrogen-bond acceptors (Lipinski definition) is 4. The summed E-state index contributed by atoms with van der Waals surface area (Å²) < 4.78 is 0. The van der Waals surface area contributed by atoms with Crippen molar-refractivity contribution >= 4 is 7.92 Å². The van der Waals surface area contributed by atoms with Crippen molar-refractivity contribution in [3.63, 3.8) is 0 Å². The molecule has 2 bridgehead atoms. The van der Waals surface area contributed by atoms with E-state index in [0.717, 1.165) is 44.2 Å². The lowest BCUT2D eigenvalue weighted by molar-refractivity contribution is 0.0966. The van der Waals surface area contributed by atoms with E-state index in [9.17, 15) is 15.3 Å². The number of piperidine rings is 1. The maximum absolute atomic E-state index is 9.32. The van der Waals surface area contributed by atoms with Crippen LogP contribution >= 0.6 is 7.92 Å². The van der Waals surface area contributed by atoms with Crippen molar-refractivity contribution in [2.45, 2.75) is 43.2 Å². The van der Waals surface area contributed by atoms with Gasteiger partial charge in [-0.2, -0.15) is 0 Å². The SMILES string of the molecule is OCCP1CC2(CCO)CCCC(CCO)(C1)N2. The van der Waals surface area contributed by atoms with Gasteiger partial charge in [0.25, 0.3) is 0 Å². The third-order valence-electron chi connectivity index (χ3n) is 4.49. The lowest BCUT2D eigenvalue weighted by Crippen LogP contribution is -2.67. The highest BCUT2D eigenvalue weighted by atomic mass is 31.1. The minimum atomic E-state index is -0.160. The number of nitrogens with one attached hydrogen (secondary N) is 1. The van der Waals surface area contributed by atoms with Crippen molar-refractivity contribution in [1.82, 2.24) is 5.32 Å². The summed E-state index contributed by atoms with van der Waals surface area (Å²) in [5.74, 6) is 0. The molecule has 4 N–H and O–H groups in total. The van der Waals surface area contributed by atoms with E-state index in [0.29, 0.717) is 0 Å². The van der Waals surface area contributed by atoms with Crippen LogP contribution in [0.15, 0.2) is 0 Å². The molecule has 2 fully saturated rings. The average Bonchev–Trinajstić information content (AvgIpc) is 2.28. The molecule has 2 saturated heterocycles. The quantitative estimate of drug-likeness (QED) is 0.532. The van der Waals surface area contributed by atoms with Crippen LogP contribution < -0.4 is 5.32 Å². The predicted molar refractivity (Wildman–Crippen MR) is 74.5 cm³/mol. The predicted octanol–water partition coefficient (Wildman–Crippen LogP) is 0.490. The molecule has 18 heavy (non-hydrogen) atoms. The second-order valence-corrected chi connectivity index (χ2v) is 8.34. The molecule has 0 saturated carbocycles. The van der Waals surface area contributed by atoms with Gasteiger partial charge in [-0.15, -0.1) is 7.92 Å². The van der Waals surface area contributed by atoms with Crippen molar-refractivity contribution in [1.29, 1.82) is 0 Å². The van der Waals surface area contributed by atoms with Crippen LogP contribution in [0.1, 0.15) is 32.1 Å². The van der Waals surface area contributed by atoms with E-state index in [1.807, 2.05) is 0 Å². The van der Waals surface area contributed by atoms with Gasteiger partial charge in [0.05, 0.1) is 0 Å². The Kier molecular flexibility index (Phi) is 5.01. The van der Waals surface area contributed by atoms with Crippen LogP contribution in [0.4, 0.5) is 0 Å². The van der Waals surface area contributed by atoms with Gasteiger partial charge < -0.3 is 20.6 Å². The standard InChI is InChI=1S/C13H26NO3P/c15-6-4-12-2-1-3-13(14-12,5-7-16)11-18(10-12)9-8-17/h14-17H,1-11H2. The molecule has 5 heteroatoms. The summed E-state index contributed by atoms with van der Waals surface area (Å²) in [6.07, 6.45) is 8.23. The molecule has 2 aliphatic heterocycles. The summed E-state index contributed by atoms with van der Waals surface area (Å²) in [6, 6.07) is 0. The van der Waals surface area contributed by atoms with Gasteiger partial charge in [-0.25, -0.2) is 0 Å². The zero-order valence-corrected chi connectivity index (χ0v) is 12.0. The van der Waals surface area contributed by atoms with Gasteiger partial charge in [-0.3, -0.25) is 0 Å². The Morgan fingerprint density at radius 1 is 0.889 bits per heavy atom. The highest BCUT2D eigenvalue weighted by molar-refractivity contribution is 7.58. The molecular weight excluding hydrogens is 249 g/mol. The van der Waals surface area contributed by atoms with E-state index in [4.69, 9.17) is 0 Å². The van der Waals surface area contributed by atoms with Gasteiger partial charge in [0.1, 0.15) is 0 Å². The summed E-state index contributed by atoms with van der Waals surface area (Å²) in [5, 5.41) is 31.6. The summed E-state index contributed by atoms with van der Waals surface area (Å²) >= 11 is 0. The van der Waals surface area contributed by atoms with Crippen LogP contribution in [0.3, 0.4) is 0 Å². The van der Waals surface area contributed by atoms with E-state index in [-0.39, 0.29) is 38.8 Å². The van der Waals surface area contributed by atoms with Gasteiger partial charge in [-0.1, -0.05) is 0 Å². The molecule has 0 aromatic heterocycles. The van der Waals surface area contributed by atoms with Crippen molar-refractivity contribution in [3.05, 3.63) is 0 Å². The Labute approximate surface area is 111 Å². The van der Waals surface area contributed by atoms with E-state index in [1.165, 1.54) is 6.42 Å². The number of aliphatic hydroxyl groups excluding tert-OH is 3. The Morgan fingerprint density at radius 3 is 1.89 bits per heavy atom. The van der Waals surface area contributed by atoms with Gasteiger partial charge >= 0.3 is 0 Å². The topological polar surface area (TPSA) is 72.7 Å². The molecule has 2 rings (SSSR count). The van der Waals surface area contributed by atoms with Crippen LogP contribution in [0, 0.1) is 0 Å². The van der Waals surface area contributed by atoms with Crippen molar-refractivity contribution in [2.24, 2.45) is 0 Å². The number of aliphatic hydroxyl groups is 3. The maximum Gasteiger partial charge on any atom is 0.0470 e. The largest absolute Gasteiger partial charge is 0.396 e. The first-order valence-electron chi connectivity index (χ1n) is 7.02. The molecule has 0 radical (unpaired) electrons. The molecule has 0 aliphatic carbocycles. The molecule has 0 amide bonds. The molecule has 4 nitrogen and oxygen atoms in total. The van der Waals surface area contributed by atoms with Crippen LogP contribution in [-0.4, -0.2) is 64.7 Å². The molecule has 2 heterocycles. The minimum Gasteiger partial charge on any atom is -0.396 e. The molecule has 0 aromatic carbocycles. The van der Waals surface area contributed by atoms with E-state index < -0.39 is 0 Å². The number of rotatable bonds is 6. The van der Waals surface area contributed by atoms with Gasteiger partial charge in [0, 0.05) is 30.9 Å². The third-order valence-corrected chi connectivity index (χ3v) is 7.43. The molecule has 2 atom stereocenters. The summed E-state index contributed by atoms with van der Waals surface area (Å²) in [7, 11) is -0.160. The average molecular weight is 275 g/mol. The monoisotopic (exact) mass is 275 g/mol. The van der Waals surface area contributed by atoms with Gasteiger partial charge in [-0.05, 0) is 50.6 Å². The third kappa shape index (κ3) is 3.05. The Bertz CT molecular complexity index is 249. The molecule has 2 unspecified atom stereocenters. The highest BCUT2D eigenvalue weighted by Crippen LogP contribution is 2.52. The maximum atomic E-state index is 9.32. The minimum absolute atomic E-state index is 0.0707. The molecule has 2 aliphatic rings. The zero-order chi connectivity index (χ0) is 13.1. The van der Waals surface area contributed by atoms with Gasteiger partial charge in [0.15, 0.2) is 0 Å². The molecule has 0 spiro atoms. The number of fused-ring (bicyclic) bond motifs is 2. The zero-order valence-electron chi connectivity index (χ0n) is 11.1. The molecular formula is C13H26NO3P. The first-order chi connectivity index (χ1) is 8.67. The number of hydrogen-bond donors (Lipinski definition) is 4. The van der Waals surface area contributed by atoms with E-state index in [2.05, 4.69) is 5.32 Å². The summed E-state index contributed by atoms with van der Waals surface area (Å²) in [6.45, 7) is 0.727. The highest BCUT2D eigenvalue weighted by Gasteiger charge is 2.49. The van der Waals surface area contributed by atoms with Crippen molar-refractivity contribution in [3.8, 4) is 0 Å². The van der Waals surface area contributed by atoms with Crippen LogP contribution in [-0.2, 0) is 0 Å². The van der Waals surface area contributed by atoms with Gasteiger partial charge in [0.2, 0.25) is 0 Å². The molecule has 0 aromatic rings. The first kappa shape index (κ1) is 14.7. The fourth-order valence-corrected chi connectivity index (χ4v) is 7.08. The summed E-state index contributed by atoms with van der Waals surface area (Å²) in [5.41, 5.74) is 0.141. The Hall–Kier alpha value is 0.270. The van der Waals surface area contributed by atoms with E-state index >= 15 is 0 Å². The van der Waals surface area contributed by atoms with Crippen molar-refractivity contribution in [2.75, 3.05) is 38.3 Å². The normalized spacial score (nSPS) is 39.8. The Morgan fingerprint density at radius 2 is 1.44 bits per heavy atom. The fourth-order valence-electron chi connectivity index (χ4n) is 3.86. The van der Waals surface area contributed by atoms with Crippen LogP contribution in [0.25, 0.3) is 0 Å². The smallest absolute Gasteiger partial charge is 0.0470 e. The lowest BCUT2D eigenvalue weighted by atomic mass is 9.77. The van der Waals surface area contributed by atoms with Crippen LogP contribution in [0.2, 0.25) is 0 Å². The second-order valence-electron chi connectivity index (χ2n) is 5.92.